The fraction of sp³-hybridized carbons (Fsp3) is 0.656. The van der Waals surface area contributed by atoms with Crippen LogP contribution >= 0.6 is 0 Å². The highest BCUT2D eigenvalue weighted by atomic mass is 16.5. The molecule has 0 saturated heterocycles. The summed E-state index contributed by atoms with van der Waals surface area (Å²) in [6, 6.07) is 4.27. The monoisotopic (exact) mass is 519 g/mol. The van der Waals surface area contributed by atoms with Gasteiger partial charge in [0, 0.05) is 24.4 Å². The average molecular weight is 520 g/mol. The van der Waals surface area contributed by atoms with E-state index in [0.29, 0.717) is 17.8 Å². The fourth-order valence-corrected chi connectivity index (χ4v) is 8.07. The van der Waals surface area contributed by atoms with Gasteiger partial charge in [0.1, 0.15) is 12.6 Å². The second-order valence-corrected chi connectivity index (χ2v) is 13.5. The molecule has 0 spiro atoms. The van der Waals surface area contributed by atoms with Crippen molar-refractivity contribution >= 4 is 17.4 Å². The van der Waals surface area contributed by atoms with Gasteiger partial charge >= 0.3 is 5.97 Å². The van der Waals surface area contributed by atoms with Crippen LogP contribution in [0.5, 0.6) is 0 Å². The lowest BCUT2D eigenvalue weighted by Crippen LogP contribution is -2.50. The van der Waals surface area contributed by atoms with Gasteiger partial charge in [0.05, 0.1) is 6.54 Å². The molecule has 38 heavy (non-hydrogen) atoms. The van der Waals surface area contributed by atoms with E-state index in [4.69, 9.17) is 4.74 Å². The molecule has 1 heterocycles. The van der Waals surface area contributed by atoms with Crippen molar-refractivity contribution in [3.05, 3.63) is 47.8 Å². The lowest BCUT2D eigenvalue weighted by Gasteiger charge is -2.57. The highest BCUT2D eigenvalue weighted by Gasteiger charge is 2.57. The maximum Gasteiger partial charge on any atom is 0.325 e. The van der Waals surface area contributed by atoms with Gasteiger partial charge in [-0.05, 0) is 105 Å². The molecule has 0 radical (unpaired) electrons. The Kier molecular flexibility index (Phi) is 7.32. The van der Waals surface area contributed by atoms with Crippen LogP contribution in [0.25, 0.3) is 5.57 Å². The number of carbonyl (C=O) groups excluding carboxylic acids is 2. The first kappa shape index (κ1) is 27.1. The van der Waals surface area contributed by atoms with Gasteiger partial charge in [0.2, 0.25) is 5.91 Å². The van der Waals surface area contributed by atoms with Crippen LogP contribution in [0.1, 0.15) is 85.1 Å². The van der Waals surface area contributed by atoms with Gasteiger partial charge in [0.25, 0.3) is 0 Å². The van der Waals surface area contributed by atoms with Crippen LogP contribution in [-0.4, -0.2) is 41.6 Å². The molecule has 4 aliphatic carbocycles. The Bertz CT molecular complexity index is 1120. The molecule has 6 heteroatoms. The molecule has 0 bridgehead atoms. The number of ether oxygens (including phenoxy) is 1. The van der Waals surface area contributed by atoms with E-state index in [1.54, 1.807) is 0 Å². The summed E-state index contributed by atoms with van der Waals surface area (Å²) in [5, 5.41) is 5.82. The van der Waals surface area contributed by atoms with Crippen LogP contribution in [0.15, 0.2) is 42.3 Å². The van der Waals surface area contributed by atoms with Crippen LogP contribution in [0, 0.1) is 28.6 Å². The number of amides is 1. The second-order valence-electron chi connectivity index (χ2n) is 13.5. The molecule has 0 aliphatic heterocycles. The maximum atomic E-state index is 12.5. The highest BCUT2D eigenvalue weighted by Crippen LogP contribution is 2.66. The van der Waals surface area contributed by atoms with Crippen LogP contribution in [-0.2, 0) is 14.3 Å². The summed E-state index contributed by atoms with van der Waals surface area (Å²) < 4.78 is 5.84. The normalized spacial score (nSPS) is 34.2. The zero-order valence-electron chi connectivity index (χ0n) is 23.8. The molecule has 0 aromatic carbocycles. The molecule has 6 atom stereocenters. The van der Waals surface area contributed by atoms with E-state index < -0.39 is 0 Å². The Morgan fingerprint density at radius 2 is 1.84 bits per heavy atom. The van der Waals surface area contributed by atoms with Crippen molar-refractivity contribution in [3.63, 3.8) is 0 Å². The molecule has 2 fully saturated rings. The number of nitrogens with zero attached hydrogens (tertiary/aromatic N) is 1. The molecular formula is C32H45N3O3. The van der Waals surface area contributed by atoms with Gasteiger partial charge < -0.3 is 15.4 Å². The van der Waals surface area contributed by atoms with E-state index in [0.717, 1.165) is 25.7 Å². The van der Waals surface area contributed by atoms with Crippen LogP contribution in [0.3, 0.4) is 0 Å². The lowest BCUT2D eigenvalue weighted by atomic mass is 9.47. The predicted octanol–water partition coefficient (Wildman–Crippen LogP) is 5.45. The molecule has 1 aromatic rings. The Hall–Kier alpha value is -2.47. The minimum Gasteiger partial charge on any atom is -0.461 e. The zero-order chi connectivity index (χ0) is 27.1. The highest BCUT2D eigenvalue weighted by molar-refractivity contribution is 5.83. The first-order valence-corrected chi connectivity index (χ1v) is 14.5. The van der Waals surface area contributed by atoms with Crippen molar-refractivity contribution in [2.75, 3.05) is 13.1 Å². The first-order chi connectivity index (χ1) is 18.0. The number of nitrogens with one attached hydrogen (secondary N) is 2. The summed E-state index contributed by atoms with van der Waals surface area (Å²) >= 11 is 0. The van der Waals surface area contributed by atoms with E-state index in [9.17, 15) is 9.59 Å². The molecule has 2 N–H and O–H groups in total. The van der Waals surface area contributed by atoms with Gasteiger partial charge in [-0.2, -0.15) is 0 Å². The Balaban J connectivity index is 1.19. The summed E-state index contributed by atoms with van der Waals surface area (Å²) in [7, 11) is 0. The predicted molar refractivity (Wildman–Crippen MR) is 150 cm³/mol. The summed E-state index contributed by atoms with van der Waals surface area (Å²) in [6.07, 6.45) is 16.3. The number of rotatable bonds is 6. The number of carbonyl (C=O) groups is 2. The third-order valence-corrected chi connectivity index (χ3v) is 10.1. The fourth-order valence-electron chi connectivity index (χ4n) is 8.07. The van der Waals surface area contributed by atoms with Crippen LogP contribution in [0.4, 0.5) is 0 Å². The number of hydrogen-bond acceptors (Lipinski definition) is 5. The van der Waals surface area contributed by atoms with E-state index in [1.165, 1.54) is 36.0 Å². The van der Waals surface area contributed by atoms with E-state index in [2.05, 4.69) is 53.7 Å². The summed E-state index contributed by atoms with van der Waals surface area (Å²) in [5.74, 6) is 1.53. The molecule has 1 aromatic heterocycles. The van der Waals surface area contributed by atoms with Crippen molar-refractivity contribution in [1.29, 1.82) is 0 Å². The SMILES string of the molecule is CC(C)(C)NCC(=O)NCC(=O)O[C@H]1CC[C@@]2(C)C(=CC[C@@H]3[C@@H]2CC[C@]2(C)C(c4cccnc4)=CC[C@@H]32)C1. The molecule has 2 saturated carbocycles. The molecular weight excluding hydrogens is 474 g/mol. The number of pyridine rings is 1. The largest absolute Gasteiger partial charge is 0.461 e. The summed E-state index contributed by atoms with van der Waals surface area (Å²) in [4.78, 5) is 29.0. The van der Waals surface area contributed by atoms with Crippen molar-refractivity contribution < 1.29 is 14.3 Å². The van der Waals surface area contributed by atoms with Gasteiger partial charge in [0.15, 0.2) is 0 Å². The van der Waals surface area contributed by atoms with Crippen LogP contribution in [0.2, 0.25) is 0 Å². The third kappa shape index (κ3) is 5.21. The van der Waals surface area contributed by atoms with Crippen molar-refractivity contribution in [2.24, 2.45) is 28.6 Å². The molecule has 1 amide bonds. The van der Waals surface area contributed by atoms with Gasteiger partial charge in [-0.15, -0.1) is 0 Å². The average Bonchev–Trinajstić information content (AvgIpc) is 3.24. The molecule has 0 unspecified atom stereocenters. The van der Waals surface area contributed by atoms with E-state index >= 15 is 0 Å². The minimum atomic E-state index is -0.342. The quantitative estimate of drug-likeness (QED) is 0.386. The van der Waals surface area contributed by atoms with Crippen molar-refractivity contribution in [1.82, 2.24) is 15.6 Å². The van der Waals surface area contributed by atoms with E-state index in [-0.39, 0.29) is 47.4 Å². The lowest BCUT2D eigenvalue weighted by molar-refractivity contribution is -0.151. The minimum absolute atomic E-state index is 0.0747. The second kappa shape index (κ2) is 10.3. The zero-order valence-corrected chi connectivity index (χ0v) is 23.8. The summed E-state index contributed by atoms with van der Waals surface area (Å²) in [6.45, 7) is 11.1. The number of hydrogen-bond donors (Lipinski definition) is 2. The Morgan fingerprint density at radius 1 is 1.05 bits per heavy atom. The molecule has 4 aliphatic rings. The van der Waals surface area contributed by atoms with Crippen molar-refractivity contribution in [2.45, 2.75) is 91.2 Å². The van der Waals surface area contributed by atoms with Gasteiger partial charge in [-0.3, -0.25) is 14.6 Å². The molecule has 206 valence electrons. The Morgan fingerprint density at radius 3 is 2.58 bits per heavy atom. The topological polar surface area (TPSA) is 80.3 Å². The molecule has 5 rings (SSSR count). The summed E-state index contributed by atoms with van der Waals surface area (Å²) in [5.41, 5.74) is 4.56. The first-order valence-electron chi connectivity index (χ1n) is 14.5. The van der Waals surface area contributed by atoms with Crippen LogP contribution < -0.4 is 10.6 Å². The maximum absolute atomic E-state index is 12.5. The number of esters is 1. The number of aromatic nitrogens is 1. The third-order valence-electron chi connectivity index (χ3n) is 10.1. The number of fused-ring (bicyclic) bond motifs is 5. The van der Waals surface area contributed by atoms with Gasteiger partial charge in [-0.25, -0.2) is 0 Å². The Labute approximate surface area is 228 Å². The van der Waals surface area contributed by atoms with Crippen molar-refractivity contribution in [3.8, 4) is 0 Å². The molecule has 6 nitrogen and oxygen atoms in total. The smallest absolute Gasteiger partial charge is 0.325 e. The standard InChI is InChI=1S/C32H45N3O3/c1-30(2,3)35-19-28(36)34-20-29(37)38-23-12-14-31(4)22(17-23)8-9-24-26-11-10-25(21-7-6-16-33-18-21)32(26,5)15-13-27(24)31/h6-8,10,16,18,23-24,26-27,35H,9,11-15,17,19-20H2,1-5H3,(H,34,36)/t23-,24-,26-,27-,31-,32+/m0/s1. The van der Waals surface area contributed by atoms with Gasteiger partial charge in [-0.1, -0.05) is 37.6 Å². The van der Waals surface area contributed by atoms with E-state index in [1.807, 2.05) is 33.2 Å². The number of allylic oxidation sites excluding steroid dienone is 3.